The van der Waals surface area contributed by atoms with Crippen LogP contribution >= 0.6 is 0 Å². The summed E-state index contributed by atoms with van der Waals surface area (Å²) in [6.45, 7) is 3.15. The van der Waals surface area contributed by atoms with E-state index in [0.717, 1.165) is 30.6 Å². The lowest BCUT2D eigenvalue weighted by molar-refractivity contribution is 0.180. The molecule has 1 aliphatic rings. The summed E-state index contributed by atoms with van der Waals surface area (Å²) < 4.78 is 5.31. The molecule has 0 spiro atoms. The molecule has 106 valence electrons. The zero-order valence-corrected chi connectivity index (χ0v) is 12.3. The quantitative estimate of drug-likeness (QED) is 0.878. The highest BCUT2D eigenvalue weighted by molar-refractivity contribution is 5.28. The minimum Gasteiger partial charge on any atom is -0.497 e. The number of nitrogens with two attached hydrogens (primary N) is 1. The summed E-state index contributed by atoms with van der Waals surface area (Å²) in [6.07, 6.45) is 6.48. The molecule has 0 bridgehead atoms. The Morgan fingerprint density at radius 3 is 2.79 bits per heavy atom. The largest absolute Gasteiger partial charge is 0.497 e. The zero-order chi connectivity index (χ0) is 13.7. The lowest BCUT2D eigenvalue weighted by atomic mass is 9.71. The van der Waals surface area contributed by atoms with Crippen LogP contribution in [0.25, 0.3) is 0 Å². The Labute approximate surface area is 117 Å². The molecule has 2 heteroatoms. The average Bonchev–Trinajstić information content (AvgIpc) is 2.47. The van der Waals surface area contributed by atoms with Crippen molar-refractivity contribution in [2.45, 2.75) is 39.0 Å². The summed E-state index contributed by atoms with van der Waals surface area (Å²) in [7, 11) is 1.73. The highest BCUT2D eigenvalue weighted by atomic mass is 16.5. The van der Waals surface area contributed by atoms with Gasteiger partial charge in [0.2, 0.25) is 0 Å². The molecule has 3 atom stereocenters. The standard InChI is InChI=1S/C17H27NO/c1-3-13-7-8-15(12-18)16(9-13)10-14-5-4-6-17(11-14)19-2/h4-6,11,13,15-16H,3,7-10,12,18H2,1-2H3. The van der Waals surface area contributed by atoms with Crippen LogP contribution in [-0.2, 0) is 6.42 Å². The molecule has 0 aromatic heterocycles. The van der Waals surface area contributed by atoms with Gasteiger partial charge in [0, 0.05) is 0 Å². The third kappa shape index (κ3) is 3.73. The first kappa shape index (κ1) is 14.4. The third-order valence-electron chi connectivity index (χ3n) is 4.76. The molecule has 19 heavy (non-hydrogen) atoms. The Morgan fingerprint density at radius 2 is 2.11 bits per heavy atom. The predicted octanol–water partition coefficient (Wildman–Crippen LogP) is 3.64. The van der Waals surface area contributed by atoms with Crippen LogP contribution in [0.4, 0.5) is 0 Å². The average molecular weight is 261 g/mol. The summed E-state index contributed by atoms with van der Waals surface area (Å²) in [5.74, 6) is 3.31. The van der Waals surface area contributed by atoms with Crippen molar-refractivity contribution in [1.82, 2.24) is 0 Å². The molecule has 0 radical (unpaired) electrons. The zero-order valence-electron chi connectivity index (χ0n) is 12.3. The van der Waals surface area contributed by atoms with Crippen molar-refractivity contribution >= 4 is 0 Å². The van der Waals surface area contributed by atoms with E-state index < -0.39 is 0 Å². The van der Waals surface area contributed by atoms with E-state index in [1.807, 2.05) is 6.07 Å². The van der Waals surface area contributed by atoms with Crippen molar-refractivity contribution in [1.29, 1.82) is 0 Å². The van der Waals surface area contributed by atoms with E-state index in [9.17, 15) is 0 Å². The third-order valence-corrected chi connectivity index (χ3v) is 4.76. The van der Waals surface area contributed by atoms with E-state index >= 15 is 0 Å². The molecule has 2 rings (SSSR count). The van der Waals surface area contributed by atoms with Crippen LogP contribution in [0.3, 0.4) is 0 Å². The molecule has 0 aliphatic heterocycles. The van der Waals surface area contributed by atoms with Crippen LogP contribution < -0.4 is 10.5 Å². The number of rotatable bonds is 5. The molecule has 3 unspecified atom stereocenters. The lowest BCUT2D eigenvalue weighted by Crippen LogP contribution is -2.31. The maximum Gasteiger partial charge on any atom is 0.119 e. The van der Waals surface area contributed by atoms with Crippen molar-refractivity contribution in [3.05, 3.63) is 29.8 Å². The molecule has 1 aromatic carbocycles. The molecule has 1 aromatic rings. The Morgan fingerprint density at radius 1 is 1.26 bits per heavy atom. The fourth-order valence-corrected chi connectivity index (χ4v) is 3.46. The first-order valence-corrected chi connectivity index (χ1v) is 7.59. The van der Waals surface area contributed by atoms with Crippen molar-refractivity contribution in [3.63, 3.8) is 0 Å². The van der Waals surface area contributed by atoms with Gasteiger partial charge in [-0.15, -0.1) is 0 Å². The maximum atomic E-state index is 5.97. The molecular weight excluding hydrogens is 234 g/mol. The van der Waals surface area contributed by atoms with Gasteiger partial charge in [0.05, 0.1) is 7.11 Å². The number of hydrogen-bond donors (Lipinski definition) is 1. The van der Waals surface area contributed by atoms with Gasteiger partial charge >= 0.3 is 0 Å². The van der Waals surface area contributed by atoms with E-state index in [0.29, 0.717) is 5.92 Å². The van der Waals surface area contributed by atoms with E-state index in [4.69, 9.17) is 10.5 Å². The molecule has 0 amide bonds. The summed E-state index contributed by atoms with van der Waals surface area (Å²) in [4.78, 5) is 0. The molecule has 1 saturated carbocycles. The lowest BCUT2D eigenvalue weighted by Gasteiger charge is -2.35. The van der Waals surface area contributed by atoms with Crippen LogP contribution in [0.2, 0.25) is 0 Å². The summed E-state index contributed by atoms with van der Waals surface area (Å²) in [5, 5.41) is 0. The fraction of sp³-hybridized carbons (Fsp3) is 0.647. The second kappa shape index (κ2) is 6.95. The Hall–Kier alpha value is -1.02. The Kier molecular flexibility index (Phi) is 5.26. The first-order chi connectivity index (χ1) is 9.26. The highest BCUT2D eigenvalue weighted by Crippen LogP contribution is 2.37. The number of methoxy groups -OCH3 is 1. The minimum atomic E-state index is 0.703. The van der Waals surface area contributed by atoms with Crippen molar-refractivity contribution in [3.8, 4) is 5.75 Å². The molecule has 2 N–H and O–H groups in total. The summed E-state index contributed by atoms with van der Waals surface area (Å²) >= 11 is 0. The molecular formula is C17H27NO. The monoisotopic (exact) mass is 261 g/mol. The second-order valence-electron chi connectivity index (χ2n) is 5.90. The maximum absolute atomic E-state index is 5.97. The van der Waals surface area contributed by atoms with E-state index in [-0.39, 0.29) is 0 Å². The second-order valence-corrected chi connectivity index (χ2v) is 5.90. The van der Waals surface area contributed by atoms with Crippen molar-refractivity contribution < 1.29 is 4.74 Å². The number of hydrogen-bond acceptors (Lipinski definition) is 2. The van der Waals surface area contributed by atoms with Gasteiger partial charge in [0.1, 0.15) is 5.75 Å². The number of ether oxygens (including phenoxy) is 1. The summed E-state index contributed by atoms with van der Waals surface area (Å²) in [5.41, 5.74) is 7.35. The smallest absolute Gasteiger partial charge is 0.119 e. The topological polar surface area (TPSA) is 35.2 Å². The fourth-order valence-electron chi connectivity index (χ4n) is 3.46. The predicted molar refractivity (Wildman–Crippen MR) is 80.4 cm³/mol. The molecule has 2 nitrogen and oxygen atoms in total. The van der Waals surface area contributed by atoms with Crippen LogP contribution in [0.15, 0.2) is 24.3 Å². The van der Waals surface area contributed by atoms with Gasteiger partial charge in [0.25, 0.3) is 0 Å². The van der Waals surface area contributed by atoms with Crippen molar-refractivity contribution in [2.24, 2.45) is 23.5 Å². The van der Waals surface area contributed by atoms with Gasteiger partial charge < -0.3 is 10.5 Å². The first-order valence-electron chi connectivity index (χ1n) is 7.59. The summed E-state index contributed by atoms with van der Waals surface area (Å²) in [6, 6.07) is 8.49. The van der Waals surface area contributed by atoms with Crippen LogP contribution in [-0.4, -0.2) is 13.7 Å². The highest BCUT2D eigenvalue weighted by Gasteiger charge is 2.28. The van der Waals surface area contributed by atoms with E-state index in [2.05, 4.69) is 25.1 Å². The van der Waals surface area contributed by atoms with Crippen molar-refractivity contribution in [2.75, 3.05) is 13.7 Å². The van der Waals surface area contributed by atoms with Crippen LogP contribution in [0.5, 0.6) is 5.75 Å². The van der Waals surface area contributed by atoms with Gasteiger partial charge in [-0.1, -0.05) is 31.9 Å². The Balaban J connectivity index is 2.05. The van der Waals surface area contributed by atoms with E-state index in [1.165, 1.54) is 31.2 Å². The van der Waals surface area contributed by atoms with Gasteiger partial charge in [-0.3, -0.25) is 0 Å². The molecule has 1 fully saturated rings. The number of benzene rings is 1. The van der Waals surface area contributed by atoms with Crippen LogP contribution in [0, 0.1) is 17.8 Å². The van der Waals surface area contributed by atoms with Gasteiger partial charge in [-0.2, -0.15) is 0 Å². The minimum absolute atomic E-state index is 0.703. The van der Waals surface area contributed by atoms with E-state index in [1.54, 1.807) is 7.11 Å². The van der Waals surface area contributed by atoms with Crippen LogP contribution in [0.1, 0.15) is 38.2 Å². The molecule has 0 heterocycles. The van der Waals surface area contributed by atoms with Gasteiger partial charge in [0.15, 0.2) is 0 Å². The Bertz CT molecular complexity index is 391. The normalized spacial score (nSPS) is 27.2. The van der Waals surface area contributed by atoms with Gasteiger partial charge in [-0.05, 0) is 61.3 Å². The van der Waals surface area contributed by atoms with Gasteiger partial charge in [-0.25, -0.2) is 0 Å². The molecule has 1 aliphatic carbocycles. The molecule has 0 saturated heterocycles. The SMILES string of the molecule is CCC1CCC(CN)C(Cc2cccc(OC)c2)C1.